The largest absolute Gasteiger partial charge is 0.507 e. The third kappa shape index (κ3) is 3.37. The van der Waals surface area contributed by atoms with Gasteiger partial charge in [0, 0.05) is 12.1 Å². The van der Waals surface area contributed by atoms with Crippen LogP contribution in [0.2, 0.25) is 0 Å². The maximum absolute atomic E-state index is 12.9. The van der Waals surface area contributed by atoms with E-state index in [1.807, 2.05) is 6.92 Å². The average Bonchev–Trinajstić information content (AvgIpc) is 2.59. The number of phenols is 1. The van der Waals surface area contributed by atoms with Crippen LogP contribution in [0.3, 0.4) is 0 Å². The van der Waals surface area contributed by atoms with Gasteiger partial charge >= 0.3 is 6.18 Å². The lowest BCUT2D eigenvalue weighted by Gasteiger charge is -2.10. The highest BCUT2D eigenvalue weighted by Gasteiger charge is 2.30. The van der Waals surface area contributed by atoms with Crippen molar-refractivity contribution in [2.24, 2.45) is 0 Å². The van der Waals surface area contributed by atoms with Crippen molar-refractivity contribution >= 4 is 11.0 Å². The summed E-state index contributed by atoms with van der Waals surface area (Å²) in [5.41, 5.74) is -1.41. The summed E-state index contributed by atoms with van der Waals surface area (Å²) in [7, 11) is 0. The fraction of sp³-hybridized carbons (Fsp3) is 0.211. The van der Waals surface area contributed by atoms with Crippen molar-refractivity contribution in [2.45, 2.75) is 19.5 Å². The molecule has 0 aliphatic carbocycles. The molecule has 4 nitrogen and oxygen atoms in total. The Balaban J connectivity index is 2.13. The molecule has 0 radical (unpaired) electrons. The zero-order valence-electron chi connectivity index (χ0n) is 13.8. The SMILES string of the molecule is CCCOc1cc(O)c2c(=O)c(-c3cccc(C(F)(F)F)c3)coc2c1. The number of benzene rings is 2. The topological polar surface area (TPSA) is 59.7 Å². The second kappa shape index (κ2) is 6.74. The van der Waals surface area contributed by atoms with Crippen molar-refractivity contribution in [3.05, 3.63) is 58.4 Å². The molecule has 0 saturated carbocycles. The van der Waals surface area contributed by atoms with Crippen LogP contribution in [0.5, 0.6) is 11.5 Å². The van der Waals surface area contributed by atoms with Gasteiger partial charge in [-0.15, -0.1) is 0 Å². The average molecular weight is 364 g/mol. The van der Waals surface area contributed by atoms with Gasteiger partial charge in [-0.2, -0.15) is 13.2 Å². The second-order valence-corrected chi connectivity index (χ2v) is 5.72. The van der Waals surface area contributed by atoms with Gasteiger partial charge in [0.25, 0.3) is 0 Å². The quantitative estimate of drug-likeness (QED) is 0.710. The first-order valence-corrected chi connectivity index (χ1v) is 7.90. The minimum absolute atomic E-state index is 0.0567. The minimum Gasteiger partial charge on any atom is -0.507 e. The third-order valence-electron chi connectivity index (χ3n) is 3.80. The molecule has 2 aromatic carbocycles. The van der Waals surface area contributed by atoms with E-state index < -0.39 is 17.2 Å². The van der Waals surface area contributed by atoms with Crippen LogP contribution in [-0.2, 0) is 6.18 Å². The van der Waals surface area contributed by atoms with E-state index in [9.17, 15) is 23.1 Å². The number of phenolic OH excluding ortho intramolecular Hbond substituents is 1. The molecule has 0 spiro atoms. The fourth-order valence-electron chi connectivity index (χ4n) is 2.57. The molecule has 26 heavy (non-hydrogen) atoms. The first-order chi connectivity index (χ1) is 12.3. The Labute approximate surface area is 146 Å². The summed E-state index contributed by atoms with van der Waals surface area (Å²) in [6.07, 6.45) is -2.68. The highest BCUT2D eigenvalue weighted by molar-refractivity contribution is 5.88. The molecule has 136 valence electrons. The second-order valence-electron chi connectivity index (χ2n) is 5.72. The zero-order chi connectivity index (χ0) is 18.9. The summed E-state index contributed by atoms with van der Waals surface area (Å²) < 4.78 is 49.5. The van der Waals surface area contributed by atoms with Crippen molar-refractivity contribution in [3.63, 3.8) is 0 Å². The Bertz CT molecular complexity index is 1010. The van der Waals surface area contributed by atoms with E-state index in [1.54, 1.807) is 0 Å². The van der Waals surface area contributed by atoms with Gasteiger partial charge in [0.2, 0.25) is 5.43 Å². The normalized spacial score (nSPS) is 11.7. The van der Waals surface area contributed by atoms with Crippen molar-refractivity contribution in [3.8, 4) is 22.6 Å². The molecule has 0 aliphatic rings. The fourth-order valence-corrected chi connectivity index (χ4v) is 2.57. The maximum Gasteiger partial charge on any atom is 0.416 e. The van der Waals surface area contributed by atoms with Crippen LogP contribution in [0.1, 0.15) is 18.9 Å². The third-order valence-corrected chi connectivity index (χ3v) is 3.80. The van der Waals surface area contributed by atoms with E-state index in [1.165, 1.54) is 24.3 Å². The number of alkyl halides is 3. The molecule has 1 N–H and O–H groups in total. The van der Waals surface area contributed by atoms with Gasteiger partial charge in [0.15, 0.2) is 0 Å². The number of hydrogen-bond acceptors (Lipinski definition) is 4. The summed E-state index contributed by atoms with van der Waals surface area (Å²) in [6, 6.07) is 7.12. The van der Waals surface area contributed by atoms with Gasteiger partial charge < -0.3 is 14.3 Å². The Hall–Kier alpha value is -2.96. The van der Waals surface area contributed by atoms with Crippen molar-refractivity contribution in [1.82, 2.24) is 0 Å². The molecule has 3 aromatic rings. The molecule has 7 heteroatoms. The molecule has 3 rings (SSSR count). The highest BCUT2D eigenvalue weighted by atomic mass is 19.4. The van der Waals surface area contributed by atoms with Gasteiger partial charge in [0.1, 0.15) is 28.7 Å². The maximum atomic E-state index is 12.9. The minimum atomic E-state index is -4.53. The number of fused-ring (bicyclic) bond motifs is 1. The summed E-state index contributed by atoms with van der Waals surface area (Å²) >= 11 is 0. The van der Waals surface area contributed by atoms with Gasteiger partial charge in [0.05, 0.1) is 17.7 Å². The summed E-state index contributed by atoms with van der Waals surface area (Å²) in [5.74, 6) is -0.0111. The predicted octanol–water partition coefficient (Wildman–Crippen LogP) is 4.97. The van der Waals surface area contributed by atoms with Crippen molar-refractivity contribution in [2.75, 3.05) is 6.61 Å². The van der Waals surface area contributed by atoms with Crippen LogP contribution in [0, 0.1) is 0 Å². The van der Waals surface area contributed by atoms with Crippen molar-refractivity contribution in [1.29, 1.82) is 0 Å². The van der Waals surface area contributed by atoms with E-state index in [-0.39, 0.29) is 27.8 Å². The standard InChI is InChI=1S/C19H15F3O4/c1-2-6-25-13-8-15(23)17-16(9-13)26-10-14(18(17)24)11-4-3-5-12(7-11)19(20,21)22/h3-5,7-10,23H,2,6H2,1H3. The molecule has 0 amide bonds. The Morgan fingerprint density at radius 2 is 1.96 bits per heavy atom. The monoisotopic (exact) mass is 364 g/mol. The van der Waals surface area contributed by atoms with E-state index in [4.69, 9.17) is 9.15 Å². The molecule has 0 aliphatic heterocycles. The van der Waals surface area contributed by atoms with Crippen LogP contribution in [0.4, 0.5) is 13.2 Å². The zero-order valence-corrected chi connectivity index (χ0v) is 13.8. The Morgan fingerprint density at radius 3 is 2.65 bits per heavy atom. The molecule has 0 atom stereocenters. The lowest BCUT2D eigenvalue weighted by atomic mass is 10.0. The molecule has 0 saturated heterocycles. The van der Waals surface area contributed by atoms with Crippen molar-refractivity contribution < 1.29 is 27.4 Å². The van der Waals surface area contributed by atoms with E-state index in [0.29, 0.717) is 12.4 Å². The van der Waals surface area contributed by atoms with Crippen LogP contribution in [0.25, 0.3) is 22.1 Å². The van der Waals surface area contributed by atoms with Gasteiger partial charge in [-0.1, -0.05) is 19.1 Å². The van der Waals surface area contributed by atoms with Crippen LogP contribution in [-0.4, -0.2) is 11.7 Å². The molecule has 0 bridgehead atoms. The number of aromatic hydroxyl groups is 1. The van der Waals surface area contributed by atoms with E-state index >= 15 is 0 Å². The van der Waals surface area contributed by atoms with Gasteiger partial charge in [-0.3, -0.25) is 4.79 Å². The van der Waals surface area contributed by atoms with Crippen LogP contribution < -0.4 is 10.2 Å². The lowest BCUT2D eigenvalue weighted by Crippen LogP contribution is -2.08. The van der Waals surface area contributed by atoms with Gasteiger partial charge in [-0.25, -0.2) is 0 Å². The highest BCUT2D eigenvalue weighted by Crippen LogP contribution is 2.33. The molecular formula is C19H15F3O4. The summed E-state index contributed by atoms with van der Waals surface area (Å²) in [5, 5.41) is 10.1. The molecule has 0 fully saturated rings. The molecular weight excluding hydrogens is 349 g/mol. The van der Waals surface area contributed by atoms with Crippen LogP contribution in [0.15, 0.2) is 51.9 Å². The summed E-state index contributed by atoms with van der Waals surface area (Å²) in [6.45, 7) is 2.35. The number of hydrogen-bond donors (Lipinski definition) is 1. The Kier molecular flexibility index (Phi) is 4.63. The number of halogens is 3. The Morgan fingerprint density at radius 1 is 1.19 bits per heavy atom. The first-order valence-electron chi connectivity index (χ1n) is 7.90. The molecule has 1 heterocycles. The smallest absolute Gasteiger partial charge is 0.416 e. The molecule has 0 unspecified atom stereocenters. The lowest BCUT2D eigenvalue weighted by molar-refractivity contribution is -0.137. The van der Waals surface area contributed by atoms with E-state index in [2.05, 4.69) is 0 Å². The number of ether oxygens (including phenoxy) is 1. The molecule has 1 aromatic heterocycles. The van der Waals surface area contributed by atoms with E-state index in [0.717, 1.165) is 24.8 Å². The van der Waals surface area contributed by atoms with Gasteiger partial charge in [-0.05, 0) is 24.1 Å². The number of rotatable bonds is 4. The summed E-state index contributed by atoms with van der Waals surface area (Å²) in [4.78, 5) is 12.7. The predicted molar refractivity (Wildman–Crippen MR) is 90.4 cm³/mol. The van der Waals surface area contributed by atoms with Crippen LogP contribution >= 0.6 is 0 Å². The first kappa shape index (κ1) is 17.8.